The standard InChI is InChI=1S/C16H25N3O/c1-3-18(4-2)13-9-11-19(12-10-13)16(20)14-7-5-6-8-15(14)17/h5-8,13H,3-4,9-12,17H2,1-2H3. The molecule has 2 rings (SSSR count). The van der Waals surface area contributed by atoms with Crippen LogP contribution in [0.1, 0.15) is 37.0 Å². The maximum Gasteiger partial charge on any atom is 0.255 e. The maximum absolute atomic E-state index is 12.5. The molecule has 0 atom stereocenters. The van der Waals surface area contributed by atoms with Gasteiger partial charge < -0.3 is 15.5 Å². The first-order valence-electron chi connectivity index (χ1n) is 7.55. The fraction of sp³-hybridized carbons (Fsp3) is 0.562. The second-order valence-corrected chi connectivity index (χ2v) is 5.33. The Morgan fingerprint density at radius 3 is 2.40 bits per heavy atom. The Balaban J connectivity index is 1.97. The van der Waals surface area contributed by atoms with Crippen LogP contribution in [0.4, 0.5) is 5.69 Å². The monoisotopic (exact) mass is 275 g/mol. The highest BCUT2D eigenvalue weighted by Gasteiger charge is 2.26. The number of nitrogens with two attached hydrogens (primary N) is 1. The van der Waals surface area contributed by atoms with Crippen LogP contribution in [0.25, 0.3) is 0 Å². The van der Waals surface area contributed by atoms with E-state index in [1.165, 1.54) is 0 Å². The van der Waals surface area contributed by atoms with E-state index in [4.69, 9.17) is 5.73 Å². The number of likely N-dealkylation sites (tertiary alicyclic amines) is 1. The SMILES string of the molecule is CCN(CC)C1CCN(C(=O)c2ccccc2N)CC1. The largest absolute Gasteiger partial charge is 0.398 e. The van der Waals surface area contributed by atoms with Gasteiger partial charge in [-0.1, -0.05) is 26.0 Å². The van der Waals surface area contributed by atoms with Crippen LogP contribution < -0.4 is 5.73 Å². The van der Waals surface area contributed by atoms with E-state index < -0.39 is 0 Å². The maximum atomic E-state index is 12.5. The number of nitrogens with zero attached hydrogens (tertiary/aromatic N) is 2. The number of rotatable bonds is 4. The zero-order valence-electron chi connectivity index (χ0n) is 12.5. The first kappa shape index (κ1) is 14.9. The average molecular weight is 275 g/mol. The minimum absolute atomic E-state index is 0.0705. The van der Waals surface area contributed by atoms with Gasteiger partial charge in [0.1, 0.15) is 0 Å². The van der Waals surface area contributed by atoms with E-state index in [0.29, 0.717) is 17.3 Å². The summed E-state index contributed by atoms with van der Waals surface area (Å²) < 4.78 is 0. The molecule has 4 heteroatoms. The number of para-hydroxylation sites is 1. The summed E-state index contributed by atoms with van der Waals surface area (Å²) in [6, 6.07) is 7.94. The van der Waals surface area contributed by atoms with E-state index in [9.17, 15) is 4.79 Å². The third-order valence-electron chi connectivity index (χ3n) is 4.27. The number of hydrogen-bond acceptors (Lipinski definition) is 3. The van der Waals surface area contributed by atoms with Crippen LogP contribution in [0.3, 0.4) is 0 Å². The Kier molecular flexibility index (Phi) is 5.01. The number of benzene rings is 1. The van der Waals surface area contributed by atoms with Gasteiger partial charge in [-0.3, -0.25) is 4.79 Å². The number of carbonyl (C=O) groups is 1. The summed E-state index contributed by atoms with van der Waals surface area (Å²) in [5.74, 6) is 0.0705. The predicted octanol–water partition coefficient (Wildman–Crippen LogP) is 2.22. The summed E-state index contributed by atoms with van der Waals surface area (Å²) in [4.78, 5) is 16.9. The lowest BCUT2D eigenvalue weighted by molar-refractivity contribution is 0.0632. The molecule has 0 saturated carbocycles. The Bertz CT molecular complexity index is 449. The Labute approximate surface area is 121 Å². The topological polar surface area (TPSA) is 49.6 Å². The van der Waals surface area contributed by atoms with Crippen molar-refractivity contribution in [2.45, 2.75) is 32.7 Å². The molecule has 0 spiro atoms. The molecule has 1 aliphatic rings. The van der Waals surface area contributed by atoms with Crippen molar-refractivity contribution < 1.29 is 4.79 Å². The van der Waals surface area contributed by atoms with E-state index in [0.717, 1.165) is 39.0 Å². The Morgan fingerprint density at radius 2 is 1.85 bits per heavy atom. The van der Waals surface area contributed by atoms with Crippen LogP contribution >= 0.6 is 0 Å². The molecular weight excluding hydrogens is 250 g/mol. The Morgan fingerprint density at radius 1 is 1.25 bits per heavy atom. The third kappa shape index (κ3) is 3.12. The van der Waals surface area contributed by atoms with Crippen molar-refractivity contribution in [3.05, 3.63) is 29.8 Å². The summed E-state index contributed by atoms with van der Waals surface area (Å²) in [6.45, 7) is 8.22. The van der Waals surface area contributed by atoms with E-state index in [2.05, 4.69) is 18.7 Å². The second kappa shape index (κ2) is 6.75. The Hall–Kier alpha value is -1.55. The smallest absolute Gasteiger partial charge is 0.255 e. The van der Waals surface area contributed by atoms with Crippen LogP contribution in [0.15, 0.2) is 24.3 Å². The molecule has 0 unspecified atom stereocenters. The van der Waals surface area contributed by atoms with E-state index in [1.807, 2.05) is 23.1 Å². The predicted molar refractivity (Wildman–Crippen MR) is 82.7 cm³/mol. The van der Waals surface area contributed by atoms with Gasteiger partial charge in [0.2, 0.25) is 0 Å². The first-order valence-corrected chi connectivity index (χ1v) is 7.55. The fourth-order valence-electron chi connectivity index (χ4n) is 3.04. The minimum Gasteiger partial charge on any atom is -0.398 e. The van der Waals surface area contributed by atoms with Gasteiger partial charge in [0.15, 0.2) is 0 Å². The molecule has 0 radical (unpaired) electrons. The molecule has 1 heterocycles. The lowest BCUT2D eigenvalue weighted by Crippen LogP contribution is -2.46. The van der Waals surface area contributed by atoms with Gasteiger partial charge in [-0.25, -0.2) is 0 Å². The molecule has 1 amide bonds. The minimum atomic E-state index is 0.0705. The molecule has 2 N–H and O–H groups in total. The highest BCUT2D eigenvalue weighted by Crippen LogP contribution is 2.20. The number of amides is 1. The summed E-state index contributed by atoms with van der Waals surface area (Å²) in [5.41, 5.74) is 7.10. The molecular formula is C16H25N3O. The van der Waals surface area contributed by atoms with Crippen molar-refractivity contribution in [3.63, 3.8) is 0 Å². The molecule has 0 bridgehead atoms. The molecule has 20 heavy (non-hydrogen) atoms. The zero-order chi connectivity index (χ0) is 14.5. The van der Waals surface area contributed by atoms with Gasteiger partial charge in [0.05, 0.1) is 5.56 Å². The summed E-state index contributed by atoms with van der Waals surface area (Å²) >= 11 is 0. The molecule has 110 valence electrons. The van der Waals surface area contributed by atoms with Crippen LogP contribution in [-0.4, -0.2) is 47.9 Å². The van der Waals surface area contributed by atoms with E-state index >= 15 is 0 Å². The van der Waals surface area contributed by atoms with Crippen LogP contribution in [0, 0.1) is 0 Å². The molecule has 0 aromatic heterocycles. The van der Waals surface area contributed by atoms with E-state index in [1.54, 1.807) is 6.07 Å². The lowest BCUT2D eigenvalue weighted by Gasteiger charge is -2.37. The van der Waals surface area contributed by atoms with Gasteiger partial charge in [-0.05, 0) is 38.1 Å². The summed E-state index contributed by atoms with van der Waals surface area (Å²) in [7, 11) is 0. The number of carbonyl (C=O) groups excluding carboxylic acids is 1. The van der Waals surface area contributed by atoms with Crippen molar-refractivity contribution >= 4 is 11.6 Å². The van der Waals surface area contributed by atoms with Crippen molar-refractivity contribution in [2.24, 2.45) is 0 Å². The zero-order valence-corrected chi connectivity index (χ0v) is 12.5. The summed E-state index contributed by atoms with van der Waals surface area (Å²) in [6.07, 6.45) is 2.11. The van der Waals surface area contributed by atoms with Gasteiger partial charge in [-0.2, -0.15) is 0 Å². The fourth-order valence-corrected chi connectivity index (χ4v) is 3.04. The molecule has 4 nitrogen and oxygen atoms in total. The van der Waals surface area contributed by atoms with Crippen molar-refractivity contribution in [2.75, 3.05) is 31.9 Å². The molecule has 0 aliphatic carbocycles. The van der Waals surface area contributed by atoms with E-state index in [-0.39, 0.29) is 5.91 Å². The number of anilines is 1. The molecule has 1 aromatic carbocycles. The van der Waals surface area contributed by atoms with Gasteiger partial charge in [0.25, 0.3) is 5.91 Å². The summed E-state index contributed by atoms with van der Waals surface area (Å²) in [5, 5.41) is 0. The van der Waals surface area contributed by atoms with Gasteiger partial charge >= 0.3 is 0 Å². The average Bonchev–Trinajstić information content (AvgIpc) is 2.49. The normalized spacial score (nSPS) is 16.6. The molecule has 1 aromatic rings. The van der Waals surface area contributed by atoms with Crippen molar-refractivity contribution in [3.8, 4) is 0 Å². The quantitative estimate of drug-likeness (QED) is 0.857. The van der Waals surface area contributed by atoms with Crippen LogP contribution in [0.5, 0.6) is 0 Å². The van der Waals surface area contributed by atoms with Crippen molar-refractivity contribution in [1.29, 1.82) is 0 Å². The third-order valence-corrected chi connectivity index (χ3v) is 4.27. The van der Waals surface area contributed by atoms with Crippen LogP contribution in [0.2, 0.25) is 0 Å². The number of nitrogen functional groups attached to an aromatic ring is 1. The molecule has 1 aliphatic heterocycles. The van der Waals surface area contributed by atoms with Gasteiger partial charge in [-0.15, -0.1) is 0 Å². The number of piperidine rings is 1. The van der Waals surface area contributed by atoms with Gasteiger partial charge in [0, 0.05) is 24.8 Å². The van der Waals surface area contributed by atoms with Crippen molar-refractivity contribution in [1.82, 2.24) is 9.80 Å². The van der Waals surface area contributed by atoms with Crippen LogP contribution in [-0.2, 0) is 0 Å². The second-order valence-electron chi connectivity index (χ2n) is 5.33. The highest BCUT2D eigenvalue weighted by atomic mass is 16.2. The highest BCUT2D eigenvalue weighted by molar-refractivity contribution is 5.99. The number of hydrogen-bond donors (Lipinski definition) is 1. The molecule has 1 saturated heterocycles. The lowest BCUT2D eigenvalue weighted by atomic mass is 10.0. The molecule has 1 fully saturated rings. The first-order chi connectivity index (χ1) is 9.67.